The van der Waals surface area contributed by atoms with Crippen LogP contribution < -0.4 is 10.6 Å². The van der Waals surface area contributed by atoms with Crippen LogP contribution in [0.1, 0.15) is 29.8 Å². The van der Waals surface area contributed by atoms with E-state index in [2.05, 4.69) is 10.6 Å². The third kappa shape index (κ3) is 4.49. The van der Waals surface area contributed by atoms with Crippen LogP contribution in [-0.4, -0.2) is 29.6 Å². The average Bonchev–Trinajstić information content (AvgIpc) is 2.67. The van der Waals surface area contributed by atoms with Crippen molar-refractivity contribution in [2.24, 2.45) is 0 Å². The molecule has 1 aliphatic heterocycles. The zero-order valence-electron chi connectivity index (χ0n) is 15.1. The van der Waals surface area contributed by atoms with E-state index in [1.807, 2.05) is 38.1 Å². The SMILES string of the molecule is CCc1ccccc1NC(=O)COC(=O)c1ccc2c(c1)NC(=O)C(C)S2. The van der Waals surface area contributed by atoms with Crippen LogP contribution in [0.15, 0.2) is 47.4 Å². The van der Waals surface area contributed by atoms with Crippen LogP contribution in [0.4, 0.5) is 11.4 Å². The van der Waals surface area contributed by atoms with Gasteiger partial charge in [-0.1, -0.05) is 25.1 Å². The van der Waals surface area contributed by atoms with Crippen LogP contribution in [0.3, 0.4) is 0 Å². The number of amides is 2. The van der Waals surface area contributed by atoms with E-state index in [1.54, 1.807) is 18.2 Å². The molecule has 3 rings (SSSR count). The molecule has 2 amide bonds. The van der Waals surface area contributed by atoms with Gasteiger partial charge in [0.15, 0.2) is 6.61 Å². The van der Waals surface area contributed by atoms with Crippen molar-refractivity contribution in [1.82, 2.24) is 0 Å². The van der Waals surface area contributed by atoms with Crippen LogP contribution in [0.25, 0.3) is 0 Å². The highest BCUT2D eigenvalue weighted by atomic mass is 32.2. The fourth-order valence-electron chi connectivity index (χ4n) is 2.69. The molecule has 1 aliphatic rings. The van der Waals surface area contributed by atoms with E-state index in [9.17, 15) is 14.4 Å². The highest BCUT2D eigenvalue weighted by Gasteiger charge is 2.24. The number of hydrogen-bond acceptors (Lipinski definition) is 5. The predicted octanol–water partition coefficient (Wildman–Crippen LogP) is 3.48. The molecule has 7 heteroatoms. The standard InChI is InChI=1S/C20H20N2O4S/c1-3-13-6-4-5-7-15(13)21-18(23)11-26-20(25)14-8-9-17-16(10-14)22-19(24)12(2)27-17/h4-10,12H,3,11H2,1-2H3,(H,21,23)(H,22,24). The van der Waals surface area contributed by atoms with E-state index >= 15 is 0 Å². The molecule has 0 fully saturated rings. The number of thioether (sulfide) groups is 1. The Balaban J connectivity index is 1.60. The van der Waals surface area contributed by atoms with Gasteiger partial charge in [-0.15, -0.1) is 11.8 Å². The number of fused-ring (bicyclic) bond motifs is 1. The number of carbonyl (C=O) groups is 3. The highest BCUT2D eigenvalue weighted by molar-refractivity contribution is 8.00. The number of ether oxygens (including phenoxy) is 1. The van der Waals surface area contributed by atoms with Crippen LogP contribution in [-0.2, 0) is 20.7 Å². The van der Waals surface area contributed by atoms with E-state index in [0.29, 0.717) is 11.4 Å². The Morgan fingerprint density at radius 2 is 2.00 bits per heavy atom. The lowest BCUT2D eigenvalue weighted by molar-refractivity contribution is -0.119. The van der Waals surface area contributed by atoms with Gasteiger partial charge in [0.25, 0.3) is 5.91 Å². The second-order valence-electron chi connectivity index (χ2n) is 6.10. The number of benzene rings is 2. The first-order valence-electron chi connectivity index (χ1n) is 8.64. The topological polar surface area (TPSA) is 84.5 Å². The average molecular weight is 384 g/mol. The fourth-order valence-corrected chi connectivity index (χ4v) is 3.62. The molecule has 0 aromatic heterocycles. The molecule has 0 saturated heterocycles. The molecule has 27 heavy (non-hydrogen) atoms. The predicted molar refractivity (Wildman–Crippen MR) is 105 cm³/mol. The minimum atomic E-state index is -0.616. The van der Waals surface area contributed by atoms with Crippen molar-refractivity contribution in [2.75, 3.05) is 17.2 Å². The molecule has 0 aliphatic carbocycles. The molecule has 2 aromatic carbocycles. The summed E-state index contributed by atoms with van der Waals surface area (Å²) in [7, 11) is 0. The smallest absolute Gasteiger partial charge is 0.338 e. The molecular weight excluding hydrogens is 364 g/mol. The van der Waals surface area contributed by atoms with Gasteiger partial charge in [0.2, 0.25) is 5.91 Å². The minimum absolute atomic E-state index is 0.105. The Bertz CT molecular complexity index is 897. The number of anilines is 2. The Labute approximate surface area is 161 Å². The van der Waals surface area contributed by atoms with Crippen LogP contribution in [0.2, 0.25) is 0 Å². The number of nitrogens with one attached hydrogen (secondary N) is 2. The molecule has 0 radical (unpaired) electrons. The summed E-state index contributed by atoms with van der Waals surface area (Å²) in [6, 6.07) is 12.4. The van der Waals surface area contributed by atoms with Gasteiger partial charge in [0.1, 0.15) is 0 Å². The maximum atomic E-state index is 12.2. The number of rotatable bonds is 5. The summed E-state index contributed by atoms with van der Waals surface area (Å²) in [6.07, 6.45) is 0.785. The Morgan fingerprint density at radius 1 is 1.22 bits per heavy atom. The van der Waals surface area contributed by atoms with Gasteiger partial charge in [0.05, 0.1) is 16.5 Å². The monoisotopic (exact) mass is 384 g/mol. The third-order valence-electron chi connectivity index (χ3n) is 4.15. The number of aryl methyl sites for hydroxylation is 1. The Kier molecular flexibility index (Phi) is 5.81. The molecule has 140 valence electrons. The molecule has 2 N–H and O–H groups in total. The maximum absolute atomic E-state index is 12.2. The number of carbonyl (C=O) groups excluding carboxylic acids is 3. The van der Waals surface area contributed by atoms with Gasteiger partial charge in [-0.05, 0) is 43.2 Å². The maximum Gasteiger partial charge on any atom is 0.338 e. The van der Waals surface area contributed by atoms with Crippen molar-refractivity contribution in [1.29, 1.82) is 0 Å². The van der Waals surface area contributed by atoms with E-state index in [-0.39, 0.29) is 23.3 Å². The van der Waals surface area contributed by atoms with Crippen molar-refractivity contribution >= 4 is 40.9 Å². The van der Waals surface area contributed by atoms with Crippen molar-refractivity contribution < 1.29 is 19.1 Å². The lowest BCUT2D eigenvalue weighted by Crippen LogP contribution is -2.26. The fraction of sp³-hybridized carbons (Fsp3) is 0.250. The summed E-state index contributed by atoms with van der Waals surface area (Å²) < 4.78 is 5.10. The second kappa shape index (κ2) is 8.26. The number of hydrogen-bond donors (Lipinski definition) is 2. The summed E-state index contributed by atoms with van der Waals surface area (Å²) in [4.78, 5) is 37.0. The summed E-state index contributed by atoms with van der Waals surface area (Å²) in [5, 5.41) is 5.34. The molecule has 1 unspecified atom stereocenters. The Hall–Kier alpha value is -2.80. The van der Waals surface area contributed by atoms with Gasteiger partial charge < -0.3 is 15.4 Å². The molecule has 6 nitrogen and oxygen atoms in total. The summed E-state index contributed by atoms with van der Waals surface area (Å²) >= 11 is 1.44. The van der Waals surface area contributed by atoms with Gasteiger partial charge in [-0.25, -0.2) is 4.79 Å². The lowest BCUT2D eigenvalue weighted by atomic mass is 10.1. The summed E-state index contributed by atoms with van der Waals surface area (Å²) in [5.41, 5.74) is 2.59. The van der Waals surface area contributed by atoms with Gasteiger partial charge in [-0.2, -0.15) is 0 Å². The quantitative estimate of drug-likeness (QED) is 0.771. The summed E-state index contributed by atoms with van der Waals surface area (Å²) in [6.45, 7) is 3.44. The molecular formula is C20H20N2O4S. The molecule has 1 heterocycles. The summed E-state index contributed by atoms with van der Waals surface area (Å²) in [5.74, 6) is -1.12. The van der Waals surface area contributed by atoms with E-state index in [1.165, 1.54) is 11.8 Å². The van der Waals surface area contributed by atoms with Crippen LogP contribution in [0, 0.1) is 0 Å². The molecule has 1 atom stereocenters. The zero-order chi connectivity index (χ0) is 19.4. The lowest BCUT2D eigenvalue weighted by Gasteiger charge is -2.21. The number of para-hydroxylation sites is 1. The van der Waals surface area contributed by atoms with E-state index in [0.717, 1.165) is 16.9 Å². The van der Waals surface area contributed by atoms with Crippen molar-refractivity contribution in [3.05, 3.63) is 53.6 Å². The Morgan fingerprint density at radius 3 is 2.78 bits per heavy atom. The number of esters is 1. The van der Waals surface area contributed by atoms with Gasteiger partial charge in [-0.3, -0.25) is 9.59 Å². The molecule has 0 spiro atoms. The highest BCUT2D eigenvalue weighted by Crippen LogP contribution is 2.36. The molecule has 0 saturated carbocycles. The van der Waals surface area contributed by atoms with E-state index in [4.69, 9.17) is 4.74 Å². The largest absolute Gasteiger partial charge is 0.452 e. The van der Waals surface area contributed by atoms with Gasteiger partial charge in [0, 0.05) is 10.6 Å². The first-order valence-corrected chi connectivity index (χ1v) is 9.52. The van der Waals surface area contributed by atoms with Crippen molar-refractivity contribution in [3.63, 3.8) is 0 Å². The normalized spacial score (nSPS) is 15.5. The van der Waals surface area contributed by atoms with Crippen LogP contribution >= 0.6 is 11.8 Å². The first-order chi connectivity index (χ1) is 13.0. The van der Waals surface area contributed by atoms with Gasteiger partial charge >= 0.3 is 5.97 Å². The second-order valence-corrected chi connectivity index (χ2v) is 7.48. The molecule has 0 bridgehead atoms. The van der Waals surface area contributed by atoms with Crippen molar-refractivity contribution in [3.8, 4) is 0 Å². The van der Waals surface area contributed by atoms with Crippen LogP contribution in [0.5, 0.6) is 0 Å². The third-order valence-corrected chi connectivity index (χ3v) is 5.33. The molecule has 2 aromatic rings. The zero-order valence-corrected chi connectivity index (χ0v) is 15.9. The minimum Gasteiger partial charge on any atom is -0.452 e. The first kappa shape index (κ1) is 19.0. The van der Waals surface area contributed by atoms with Crippen molar-refractivity contribution in [2.45, 2.75) is 30.4 Å². The van der Waals surface area contributed by atoms with E-state index < -0.39 is 11.9 Å².